The lowest BCUT2D eigenvalue weighted by Crippen LogP contribution is -2.48. The third-order valence-corrected chi connectivity index (χ3v) is 4.78. The summed E-state index contributed by atoms with van der Waals surface area (Å²) in [5.74, 6) is 0.238. The summed E-state index contributed by atoms with van der Waals surface area (Å²) in [5.41, 5.74) is 1.70. The molecule has 2 aromatic rings. The number of benzene rings is 1. The van der Waals surface area contributed by atoms with E-state index in [0.29, 0.717) is 17.9 Å². The normalized spacial score (nSPS) is 16.5. The first kappa shape index (κ1) is 20.3. The molecule has 0 aliphatic carbocycles. The molecule has 3 rings (SSSR count). The first-order valence-electron chi connectivity index (χ1n) is 9.47. The number of hydrogen-bond donors (Lipinski definition) is 1. The van der Waals surface area contributed by atoms with Crippen LogP contribution in [0.2, 0.25) is 0 Å². The number of nitrogens with zero attached hydrogens (tertiary/aromatic N) is 3. The average Bonchev–Trinajstić information content (AvgIpc) is 2.74. The molecule has 0 bridgehead atoms. The molecule has 1 aromatic carbocycles. The smallest absolute Gasteiger partial charge is 0.337 e. The molecule has 1 aromatic heterocycles. The van der Waals surface area contributed by atoms with Crippen molar-refractivity contribution in [2.24, 2.45) is 0 Å². The number of aliphatic hydroxyl groups is 1. The van der Waals surface area contributed by atoms with E-state index in [4.69, 9.17) is 4.74 Å². The zero-order valence-electron chi connectivity index (χ0n) is 16.2. The first-order chi connectivity index (χ1) is 13.6. The van der Waals surface area contributed by atoms with E-state index < -0.39 is 6.10 Å². The number of methoxy groups -OCH3 is 1. The van der Waals surface area contributed by atoms with Gasteiger partial charge in [-0.15, -0.1) is 0 Å². The topological polar surface area (TPSA) is 75.1 Å². The van der Waals surface area contributed by atoms with Crippen LogP contribution in [-0.4, -0.2) is 78.4 Å². The molecule has 1 aliphatic rings. The number of esters is 1. The van der Waals surface area contributed by atoms with Crippen molar-refractivity contribution in [3.63, 3.8) is 0 Å². The van der Waals surface area contributed by atoms with Crippen LogP contribution in [0.15, 0.2) is 48.8 Å². The predicted octanol–water partition coefficient (Wildman–Crippen LogP) is 1.43. The van der Waals surface area contributed by atoms with Crippen molar-refractivity contribution in [2.75, 3.05) is 46.4 Å². The number of ether oxygens (including phenoxy) is 2. The molecule has 1 fully saturated rings. The molecule has 28 heavy (non-hydrogen) atoms. The Bertz CT molecular complexity index is 731. The molecule has 1 N–H and O–H groups in total. The van der Waals surface area contributed by atoms with E-state index >= 15 is 0 Å². The molecule has 0 amide bonds. The molecule has 0 spiro atoms. The third-order valence-electron chi connectivity index (χ3n) is 4.78. The summed E-state index contributed by atoms with van der Waals surface area (Å²) in [7, 11) is 1.35. The Kier molecular flexibility index (Phi) is 7.36. The van der Waals surface area contributed by atoms with Gasteiger partial charge in [-0.1, -0.05) is 6.07 Å². The Balaban J connectivity index is 1.36. The van der Waals surface area contributed by atoms with E-state index in [-0.39, 0.29) is 12.6 Å². The van der Waals surface area contributed by atoms with Crippen LogP contribution in [0.3, 0.4) is 0 Å². The van der Waals surface area contributed by atoms with Gasteiger partial charge in [0.1, 0.15) is 18.5 Å². The maximum absolute atomic E-state index is 11.4. The fraction of sp³-hybridized carbons (Fsp3) is 0.429. The second-order valence-corrected chi connectivity index (χ2v) is 6.92. The van der Waals surface area contributed by atoms with E-state index in [2.05, 4.69) is 25.6 Å². The molecule has 0 unspecified atom stereocenters. The van der Waals surface area contributed by atoms with Crippen LogP contribution in [0.4, 0.5) is 0 Å². The largest absolute Gasteiger partial charge is 0.491 e. The van der Waals surface area contributed by atoms with Gasteiger partial charge in [-0.3, -0.25) is 14.8 Å². The van der Waals surface area contributed by atoms with E-state index in [1.807, 2.05) is 12.3 Å². The van der Waals surface area contributed by atoms with Gasteiger partial charge in [-0.05, 0) is 35.9 Å². The zero-order valence-corrected chi connectivity index (χ0v) is 16.2. The number of hydrogen-bond acceptors (Lipinski definition) is 7. The zero-order chi connectivity index (χ0) is 19.8. The molecule has 150 valence electrons. The van der Waals surface area contributed by atoms with Crippen LogP contribution in [0.5, 0.6) is 5.75 Å². The van der Waals surface area contributed by atoms with Crippen molar-refractivity contribution in [3.8, 4) is 5.75 Å². The Labute approximate surface area is 165 Å². The fourth-order valence-electron chi connectivity index (χ4n) is 3.23. The van der Waals surface area contributed by atoms with E-state index in [0.717, 1.165) is 32.7 Å². The monoisotopic (exact) mass is 385 g/mol. The molecule has 1 atom stereocenters. The summed E-state index contributed by atoms with van der Waals surface area (Å²) in [6, 6.07) is 10.8. The minimum Gasteiger partial charge on any atom is -0.491 e. The summed E-state index contributed by atoms with van der Waals surface area (Å²) in [6.45, 7) is 5.49. The van der Waals surface area contributed by atoms with Crippen molar-refractivity contribution >= 4 is 5.97 Å². The third kappa shape index (κ3) is 6.02. The van der Waals surface area contributed by atoms with Gasteiger partial charge in [0.2, 0.25) is 0 Å². The summed E-state index contributed by atoms with van der Waals surface area (Å²) in [5, 5.41) is 10.3. The minimum absolute atomic E-state index is 0.216. The average molecular weight is 385 g/mol. The number of carbonyl (C=O) groups is 1. The molecule has 7 heteroatoms. The fourth-order valence-corrected chi connectivity index (χ4v) is 3.23. The van der Waals surface area contributed by atoms with Crippen molar-refractivity contribution in [3.05, 3.63) is 59.9 Å². The number of pyridine rings is 1. The Morgan fingerprint density at radius 3 is 2.50 bits per heavy atom. The van der Waals surface area contributed by atoms with Crippen LogP contribution in [0, 0.1) is 0 Å². The second-order valence-electron chi connectivity index (χ2n) is 6.92. The van der Waals surface area contributed by atoms with E-state index in [9.17, 15) is 9.90 Å². The molecule has 2 heterocycles. The van der Waals surface area contributed by atoms with Crippen LogP contribution in [0.1, 0.15) is 15.9 Å². The van der Waals surface area contributed by atoms with Crippen LogP contribution >= 0.6 is 0 Å². The molecular weight excluding hydrogens is 358 g/mol. The van der Waals surface area contributed by atoms with Crippen molar-refractivity contribution in [1.29, 1.82) is 0 Å². The van der Waals surface area contributed by atoms with Gasteiger partial charge >= 0.3 is 5.97 Å². The number of aromatic nitrogens is 1. The van der Waals surface area contributed by atoms with E-state index in [1.54, 1.807) is 30.5 Å². The molecule has 1 saturated heterocycles. The summed E-state index contributed by atoms with van der Waals surface area (Å²) in [4.78, 5) is 20.2. The lowest BCUT2D eigenvalue weighted by molar-refractivity contribution is 0.0445. The highest BCUT2D eigenvalue weighted by Gasteiger charge is 2.19. The molecule has 1 aliphatic heterocycles. The lowest BCUT2D eigenvalue weighted by atomic mass is 10.2. The highest BCUT2D eigenvalue weighted by Crippen LogP contribution is 2.14. The standard InChI is InChI=1S/C21H27N3O4/c1-27-21(26)18-4-6-20(7-5-18)28-16-19(25)15-24-11-9-23(10-12-24)14-17-3-2-8-22-13-17/h2-8,13,19,25H,9-12,14-16H2,1H3/t19-/m1/s1. The van der Waals surface area contributed by atoms with E-state index in [1.165, 1.54) is 12.7 Å². The van der Waals surface area contributed by atoms with Gasteiger partial charge in [-0.2, -0.15) is 0 Å². The summed E-state index contributed by atoms with van der Waals surface area (Å²) >= 11 is 0. The van der Waals surface area contributed by atoms with Gasteiger partial charge in [0.15, 0.2) is 0 Å². The number of rotatable bonds is 8. The molecule has 0 radical (unpaired) electrons. The van der Waals surface area contributed by atoms with Crippen LogP contribution in [-0.2, 0) is 11.3 Å². The molecule has 0 saturated carbocycles. The molecule has 7 nitrogen and oxygen atoms in total. The first-order valence-corrected chi connectivity index (χ1v) is 9.47. The number of carbonyl (C=O) groups excluding carboxylic acids is 1. The second kappa shape index (κ2) is 10.2. The highest BCUT2D eigenvalue weighted by molar-refractivity contribution is 5.89. The van der Waals surface area contributed by atoms with Gasteiger partial charge < -0.3 is 14.6 Å². The molecular formula is C21H27N3O4. The minimum atomic E-state index is -0.565. The van der Waals surface area contributed by atoms with Gasteiger partial charge in [0, 0.05) is 51.7 Å². The lowest BCUT2D eigenvalue weighted by Gasteiger charge is -2.35. The van der Waals surface area contributed by atoms with Crippen LogP contribution < -0.4 is 4.74 Å². The quantitative estimate of drug-likeness (QED) is 0.689. The number of aliphatic hydroxyl groups excluding tert-OH is 1. The maximum atomic E-state index is 11.4. The SMILES string of the molecule is COC(=O)c1ccc(OC[C@H](O)CN2CCN(Cc3cccnc3)CC2)cc1. The maximum Gasteiger partial charge on any atom is 0.337 e. The number of β-amino-alcohol motifs (C(OH)–C–C–N with tert-alkyl or cyclic N) is 1. The van der Waals surface area contributed by atoms with Gasteiger partial charge in [0.05, 0.1) is 12.7 Å². The Morgan fingerprint density at radius 1 is 1.14 bits per heavy atom. The highest BCUT2D eigenvalue weighted by atomic mass is 16.5. The summed E-state index contributed by atoms with van der Waals surface area (Å²) in [6.07, 6.45) is 3.13. The Hall–Kier alpha value is -2.48. The Morgan fingerprint density at radius 2 is 1.86 bits per heavy atom. The predicted molar refractivity (Wildman–Crippen MR) is 105 cm³/mol. The van der Waals surface area contributed by atoms with Crippen LogP contribution in [0.25, 0.3) is 0 Å². The van der Waals surface area contributed by atoms with Crippen molar-refractivity contribution in [1.82, 2.24) is 14.8 Å². The number of piperazine rings is 1. The van der Waals surface area contributed by atoms with Gasteiger partial charge in [-0.25, -0.2) is 4.79 Å². The van der Waals surface area contributed by atoms with Crippen molar-refractivity contribution < 1.29 is 19.4 Å². The summed E-state index contributed by atoms with van der Waals surface area (Å²) < 4.78 is 10.3. The van der Waals surface area contributed by atoms with Crippen molar-refractivity contribution in [2.45, 2.75) is 12.6 Å². The van der Waals surface area contributed by atoms with Gasteiger partial charge in [0.25, 0.3) is 0 Å².